The molecule has 4 nitrogen and oxygen atoms in total. The van der Waals surface area contributed by atoms with Crippen molar-refractivity contribution < 1.29 is 9.13 Å². The Morgan fingerprint density at radius 2 is 2.22 bits per heavy atom. The Balaban J connectivity index is 2.13. The van der Waals surface area contributed by atoms with Crippen LogP contribution in [-0.2, 0) is 13.7 Å². The molecule has 0 spiro atoms. The van der Waals surface area contributed by atoms with E-state index >= 15 is 0 Å². The summed E-state index contributed by atoms with van der Waals surface area (Å²) in [5, 5.41) is 4.20. The standard InChI is InChI=1S/C13H16FN3O/c1-9(15)12-7-10(14)3-4-13(12)18-8-11-5-6-17(2)16-11/h3-7,9H,8,15H2,1-2H3/t9-/m1/s1. The van der Waals surface area contributed by atoms with Crippen molar-refractivity contribution in [2.75, 3.05) is 0 Å². The molecular formula is C13H16FN3O. The lowest BCUT2D eigenvalue weighted by molar-refractivity contribution is 0.295. The Hall–Kier alpha value is -1.88. The molecule has 0 unspecified atom stereocenters. The summed E-state index contributed by atoms with van der Waals surface area (Å²) < 4.78 is 20.5. The number of nitrogens with zero attached hydrogens (tertiary/aromatic N) is 2. The molecule has 0 saturated carbocycles. The first kappa shape index (κ1) is 12.6. The zero-order valence-electron chi connectivity index (χ0n) is 10.4. The van der Waals surface area contributed by atoms with Crippen molar-refractivity contribution in [1.82, 2.24) is 9.78 Å². The first-order chi connectivity index (χ1) is 8.56. The van der Waals surface area contributed by atoms with Crippen LogP contribution in [0.2, 0.25) is 0 Å². The Kier molecular flexibility index (Phi) is 3.62. The molecule has 0 amide bonds. The lowest BCUT2D eigenvalue weighted by Gasteiger charge is -2.13. The summed E-state index contributed by atoms with van der Waals surface area (Å²) in [5.74, 6) is 0.282. The van der Waals surface area contributed by atoms with Gasteiger partial charge in [0.1, 0.15) is 18.2 Å². The molecule has 2 aromatic rings. The third-order valence-corrected chi connectivity index (χ3v) is 2.61. The SMILES string of the molecule is C[C@@H](N)c1cc(F)ccc1OCc1ccn(C)n1. The highest BCUT2D eigenvalue weighted by molar-refractivity contribution is 5.36. The van der Waals surface area contributed by atoms with Gasteiger partial charge in [0.25, 0.3) is 0 Å². The van der Waals surface area contributed by atoms with Gasteiger partial charge in [0.15, 0.2) is 0 Å². The van der Waals surface area contributed by atoms with Crippen molar-refractivity contribution in [1.29, 1.82) is 0 Å². The number of nitrogens with two attached hydrogens (primary N) is 1. The predicted octanol–water partition coefficient (Wildman–Crippen LogP) is 2.16. The predicted molar refractivity (Wildman–Crippen MR) is 66.5 cm³/mol. The normalized spacial score (nSPS) is 12.4. The van der Waals surface area contributed by atoms with Crippen molar-refractivity contribution in [3.63, 3.8) is 0 Å². The average molecular weight is 249 g/mol. The fourth-order valence-corrected chi connectivity index (χ4v) is 1.70. The lowest BCUT2D eigenvalue weighted by Crippen LogP contribution is -2.09. The fraction of sp³-hybridized carbons (Fsp3) is 0.308. The van der Waals surface area contributed by atoms with E-state index in [1.54, 1.807) is 17.7 Å². The average Bonchev–Trinajstić information content (AvgIpc) is 2.73. The van der Waals surface area contributed by atoms with Crippen molar-refractivity contribution >= 4 is 0 Å². The van der Waals surface area contributed by atoms with Crippen molar-refractivity contribution in [3.8, 4) is 5.75 Å². The number of rotatable bonds is 4. The van der Waals surface area contributed by atoms with E-state index in [1.165, 1.54) is 12.1 Å². The molecular weight excluding hydrogens is 233 g/mol. The van der Waals surface area contributed by atoms with Crippen LogP contribution >= 0.6 is 0 Å². The van der Waals surface area contributed by atoms with Gasteiger partial charge < -0.3 is 10.5 Å². The van der Waals surface area contributed by atoms with Crippen LogP contribution in [0.1, 0.15) is 24.2 Å². The lowest BCUT2D eigenvalue weighted by atomic mass is 10.1. The van der Waals surface area contributed by atoms with Crippen LogP contribution < -0.4 is 10.5 Å². The van der Waals surface area contributed by atoms with Crippen LogP contribution in [0.25, 0.3) is 0 Å². The van der Waals surface area contributed by atoms with Gasteiger partial charge in [-0.25, -0.2) is 4.39 Å². The Labute approximate surface area is 105 Å². The number of hydrogen-bond acceptors (Lipinski definition) is 3. The van der Waals surface area contributed by atoms with Crippen LogP contribution in [0.5, 0.6) is 5.75 Å². The van der Waals surface area contributed by atoms with E-state index < -0.39 is 0 Å². The van der Waals surface area contributed by atoms with Crippen LogP contribution in [0.15, 0.2) is 30.5 Å². The van der Waals surface area contributed by atoms with Crippen molar-refractivity contribution in [3.05, 3.63) is 47.5 Å². The number of halogens is 1. The molecule has 0 saturated heterocycles. The fourth-order valence-electron chi connectivity index (χ4n) is 1.70. The zero-order valence-corrected chi connectivity index (χ0v) is 10.4. The first-order valence-corrected chi connectivity index (χ1v) is 5.72. The Morgan fingerprint density at radius 1 is 1.44 bits per heavy atom. The van der Waals surface area contributed by atoms with Crippen molar-refractivity contribution in [2.24, 2.45) is 12.8 Å². The molecule has 2 N–H and O–H groups in total. The molecule has 1 heterocycles. The van der Waals surface area contributed by atoms with Gasteiger partial charge in [-0.1, -0.05) is 0 Å². The minimum absolute atomic E-state index is 0.278. The summed E-state index contributed by atoms with van der Waals surface area (Å²) >= 11 is 0. The molecule has 1 aromatic carbocycles. The minimum atomic E-state index is -0.313. The highest BCUT2D eigenvalue weighted by Gasteiger charge is 2.10. The van der Waals surface area contributed by atoms with Gasteiger partial charge in [-0.3, -0.25) is 4.68 Å². The molecule has 2 rings (SSSR count). The second-order valence-electron chi connectivity index (χ2n) is 4.24. The number of hydrogen-bond donors (Lipinski definition) is 1. The summed E-state index contributed by atoms with van der Waals surface area (Å²) in [5.41, 5.74) is 7.27. The third kappa shape index (κ3) is 2.87. The molecule has 0 aliphatic rings. The number of aromatic nitrogens is 2. The van der Waals surface area contributed by atoms with Crippen LogP contribution in [-0.4, -0.2) is 9.78 Å². The van der Waals surface area contributed by atoms with E-state index in [0.717, 1.165) is 5.69 Å². The molecule has 5 heteroatoms. The van der Waals surface area contributed by atoms with Gasteiger partial charge in [-0.2, -0.15) is 5.10 Å². The van der Waals surface area contributed by atoms with E-state index in [2.05, 4.69) is 5.10 Å². The summed E-state index contributed by atoms with van der Waals surface area (Å²) in [6.07, 6.45) is 1.84. The van der Waals surface area contributed by atoms with Gasteiger partial charge in [-0.05, 0) is 31.2 Å². The maximum Gasteiger partial charge on any atom is 0.132 e. The van der Waals surface area contributed by atoms with Gasteiger partial charge in [0.2, 0.25) is 0 Å². The van der Waals surface area contributed by atoms with Crippen LogP contribution in [0.3, 0.4) is 0 Å². The van der Waals surface area contributed by atoms with E-state index in [9.17, 15) is 4.39 Å². The third-order valence-electron chi connectivity index (χ3n) is 2.61. The monoisotopic (exact) mass is 249 g/mol. The quantitative estimate of drug-likeness (QED) is 0.903. The molecule has 0 bridgehead atoms. The smallest absolute Gasteiger partial charge is 0.132 e. The molecule has 0 fully saturated rings. The van der Waals surface area contributed by atoms with Crippen molar-refractivity contribution in [2.45, 2.75) is 19.6 Å². The maximum absolute atomic E-state index is 13.1. The van der Waals surface area contributed by atoms with E-state index in [4.69, 9.17) is 10.5 Å². The molecule has 0 aliphatic heterocycles. The Bertz CT molecular complexity index is 537. The van der Waals surface area contributed by atoms with E-state index in [1.807, 2.05) is 19.3 Å². The molecule has 0 radical (unpaired) electrons. The Morgan fingerprint density at radius 3 is 2.83 bits per heavy atom. The molecule has 0 aliphatic carbocycles. The number of ether oxygens (including phenoxy) is 1. The topological polar surface area (TPSA) is 53.1 Å². The highest BCUT2D eigenvalue weighted by Crippen LogP contribution is 2.25. The summed E-state index contributed by atoms with van der Waals surface area (Å²) in [7, 11) is 1.84. The zero-order chi connectivity index (χ0) is 13.1. The summed E-state index contributed by atoms with van der Waals surface area (Å²) in [4.78, 5) is 0. The largest absolute Gasteiger partial charge is 0.487 e. The van der Waals surface area contributed by atoms with Gasteiger partial charge in [0, 0.05) is 24.8 Å². The molecule has 18 heavy (non-hydrogen) atoms. The maximum atomic E-state index is 13.1. The van der Waals surface area contributed by atoms with Crippen LogP contribution in [0, 0.1) is 5.82 Å². The van der Waals surface area contributed by atoms with Gasteiger partial charge in [-0.15, -0.1) is 0 Å². The second kappa shape index (κ2) is 5.18. The minimum Gasteiger partial charge on any atom is -0.487 e. The van der Waals surface area contributed by atoms with Gasteiger partial charge in [0.05, 0.1) is 5.69 Å². The molecule has 96 valence electrons. The van der Waals surface area contributed by atoms with E-state index in [0.29, 0.717) is 17.9 Å². The van der Waals surface area contributed by atoms with E-state index in [-0.39, 0.29) is 11.9 Å². The number of aryl methyl sites for hydroxylation is 1. The van der Waals surface area contributed by atoms with Crippen LogP contribution in [0.4, 0.5) is 4.39 Å². The number of benzene rings is 1. The van der Waals surface area contributed by atoms with Gasteiger partial charge >= 0.3 is 0 Å². The molecule has 1 atom stereocenters. The first-order valence-electron chi connectivity index (χ1n) is 5.72. The highest BCUT2D eigenvalue weighted by atomic mass is 19.1. The second-order valence-corrected chi connectivity index (χ2v) is 4.24. The summed E-state index contributed by atoms with van der Waals surface area (Å²) in [6.45, 7) is 2.13. The molecule has 1 aromatic heterocycles. The summed E-state index contributed by atoms with van der Waals surface area (Å²) in [6, 6.07) is 5.95.